The predicted octanol–water partition coefficient (Wildman–Crippen LogP) is 3.79. The number of ketones is 1. The molecule has 2 aromatic rings. The standard InChI is InChI=1S/C19H15Cl2FN2O4/c1-19(11-4-5-12(20)13(21)8-11)17(26)24(18(27)23-19)9-15(25)10-3-6-16(28-2)14(22)7-10/h3-8H,9H2,1-2H3,(H,23,27). The Morgan fingerprint density at radius 2 is 1.89 bits per heavy atom. The summed E-state index contributed by atoms with van der Waals surface area (Å²) in [5, 5.41) is 3.10. The van der Waals surface area contributed by atoms with Gasteiger partial charge in [0.2, 0.25) is 0 Å². The summed E-state index contributed by atoms with van der Waals surface area (Å²) < 4.78 is 18.6. The molecule has 1 aliphatic heterocycles. The molecule has 2 aromatic carbocycles. The third-order valence-electron chi connectivity index (χ3n) is 4.55. The molecule has 0 aliphatic carbocycles. The van der Waals surface area contributed by atoms with E-state index in [4.69, 9.17) is 27.9 Å². The summed E-state index contributed by atoms with van der Waals surface area (Å²) in [6.07, 6.45) is 0. The SMILES string of the molecule is COc1ccc(C(=O)CN2C(=O)NC(C)(c3ccc(Cl)c(Cl)c3)C2=O)cc1F. The van der Waals surface area contributed by atoms with Gasteiger partial charge in [-0.15, -0.1) is 0 Å². The van der Waals surface area contributed by atoms with Crippen molar-refractivity contribution in [2.45, 2.75) is 12.5 Å². The Hall–Kier alpha value is -2.64. The Labute approximate surface area is 170 Å². The normalized spacial score (nSPS) is 19.0. The summed E-state index contributed by atoms with van der Waals surface area (Å²) in [5.41, 5.74) is -0.968. The fourth-order valence-corrected chi connectivity index (χ4v) is 3.22. The summed E-state index contributed by atoms with van der Waals surface area (Å²) in [4.78, 5) is 38.5. The number of amides is 3. The summed E-state index contributed by atoms with van der Waals surface area (Å²) >= 11 is 11.9. The van der Waals surface area contributed by atoms with Crippen LogP contribution in [0.15, 0.2) is 36.4 Å². The van der Waals surface area contributed by atoms with Gasteiger partial charge in [-0.3, -0.25) is 14.5 Å². The number of methoxy groups -OCH3 is 1. The molecular weight excluding hydrogens is 410 g/mol. The fraction of sp³-hybridized carbons (Fsp3) is 0.211. The number of nitrogens with zero attached hydrogens (tertiary/aromatic N) is 1. The maximum Gasteiger partial charge on any atom is 0.325 e. The summed E-state index contributed by atoms with van der Waals surface area (Å²) in [5.74, 6) is -1.95. The van der Waals surface area contributed by atoms with Crippen LogP contribution in [0, 0.1) is 5.82 Å². The number of imide groups is 1. The first kappa shape index (κ1) is 20.1. The Morgan fingerprint density at radius 3 is 2.50 bits per heavy atom. The molecule has 1 aliphatic rings. The van der Waals surface area contributed by atoms with Crippen LogP contribution in [0.1, 0.15) is 22.8 Å². The van der Waals surface area contributed by atoms with Crippen LogP contribution in [-0.4, -0.2) is 36.3 Å². The number of ether oxygens (including phenoxy) is 1. The Balaban J connectivity index is 1.84. The highest BCUT2D eigenvalue weighted by molar-refractivity contribution is 6.42. The number of hydrogen-bond acceptors (Lipinski definition) is 4. The van der Waals surface area contributed by atoms with Gasteiger partial charge in [-0.2, -0.15) is 0 Å². The van der Waals surface area contributed by atoms with E-state index in [0.717, 1.165) is 11.0 Å². The van der Waals surface area contributed by atoms with Gasteiger partial charge in [0.25, 0.3) is 5.91 Å². The van der Waals surface area contributed by atoms with E-state index in [1.165, 1.54) is 38.3 Å². The van der Waals surface area contributed by atoms with Crippen molar-refractivity contribution in [3.63, 3.8) is 0 Å². The molecule has 0 bridgehead atoms. The highest BCUT2D eigenvalue weighted by Gasteiger charge is 2.49. The largest absolute Gasteiger partial charge is 0.494 e. The van der Waals surface area contributed by atoms with Crippen molar-refractivity contribution < 1.29 is 23.5 Å². The monoisotopic (exact) mass is 424 g/mol. The minimum Gasteiger partial charge on any atom is -0.494 e. The van der Waals surface area contributed by atoms with Gasteiger partial charge in [0, 0.05) is 5.56 Å². The maximum atomic E-state index is 13.8. The average Bonchev–Trinajstić information content (AvgIpc) is 2.87. The molecule has 0 saturated carbocycles. The summed E-state index contributed by atoms with van der Waals surface area (Å²) in [6.45, 7) is 0.970. The van der Waals surface area contributed by atoms with Crippen molar-refractivity contribution in [2.75, 3.05) is 13.7 Å². The van der Waals surface area contributed by atoms with E-state index in [-0.39, 0.29) is 16.3 Å². The van der Waals surface area contributed by atoms with Crippen LogP contribution in [0.5, 0.6) is 5.75 Å². The van der Waals surface area contributed by atoms with Gasteiger partial charge < -0.3 is 10.1 Å². The lowest BCUT2D eigenvalue weighted by Gasteiger charge is -2.22. The molecule has 1 heterocycles. The molecule has 0 spiro atoms. The quantitative estimate of drug-likeness (QED) is 0.584. The zero-order valence-corrected chi connectivity index (χ0v) is 16.4. The third-order valence-corrected chi connectivity index (χ3v) is 5.29. The molecule has 1 atom stereocenters. The van der Waals surface area contributed by atoms with E-state index in [1.807, 2.05) is 0 Å². The van der Waals surface area contributed by atoms with Gasteiger partial charge in [0.15, 0.2) is 17.3 Å². The van der Waals surface area contributed by atoms with Crippen molar-refractivity contribution in [1.82, 2.24) is 10.2 Å². The van der Waals surface area contributed by atoms with Crippen LogP contribution in [0.2, 0.25) is 10.0 Å². The smallest absolute Gasteiger partial charge is 0.325 e. The summed E-state index contributed by atoms with van der Waals surface area (Å²) in [6, 6.07) is 7.48. The highest BCUT2D eigenvalue weighted by Crippen LogP contribution is 2.33. The fourth-order valence-electron chi connectivity index (χ4n) is 2.92. The van der Waals surface area contributed by atoms with Crippen molar-refractivity contribution in [3.8, 4) is 5.75 Å². The van der Waals surface area contributed by atoms with E-state index in [0.29, 0.717) is 10.6 Å². The van der Waals surface area contributed by atoms with Crippen LogP contribution in [0.4, 0.5) is 9.18 Å². The van der Waals surface area contributed by atoms with Gasteiger partial charge in [-0.1, -0.05) is 29.3 Å². The molecular formula is C19H15Cl2FN2O4. The molecule has 28 heavy (non-hydrogen) atoms. The van der Waals surface area contributed by atoms with E-state index in [2.05, 4.69) is 5.32 Å². The maximum absolute atomic E-state index is 13.8. The molecule has 3 amide bonds. The van der Waals surface area contributed by atoms with E-state index >= 15 is 0 Å². The second-order valence-corrected chi connectivity index (χ2v) is 7.16. The number of carbonyl (C=O) groups is 3. The first-order valence-electron chi connectivity index (χ1n) is 8.13. The number of urea groups is 1. The lowest BCUT2D eigenvalue weighted by molar-refractivity contribution is -0.130. The Morgan fingerprint density at radius 1 is 1.18 bits per heavy atom. The molecule has 146 valence electrons. The molecule has 1 unspecified atom stereocenters. The number of nitrogens with one attached hydrogen (secondary N) is 1. The molecule has 6 nitrogen and oxygen atoms in total. The highest BCUT2D eigenvalue weighted by atomic mass is 35.5. The van der Waals surface area contributed by atoms with Crippen molar-refractivity contribution >= 4 is 40.9 Å². The van der Waals surface area contributed by atoms with E-state index < -0.39 is 35.6 Å². The number of benzene rings is 2. The number of rotatable bonds is 5. The molecule has 0 aromatic heterocycles. The van der Waals surface area contributed by atoms with E-state index in [1.54, 1.807) is 6.07 Å². The third kappa shape index (κ3) is 3.43. The minimum absolute atomic E-state index is 0.0151. The molecule has 1 saturated heterocycles. The molecule has 0 radical (unpaired) electrons. The average molecular weight is 425 g/mol. The van der Waals surface area contributed by atoms with Crippen molar-refractivity contribution in [2.24, 2.45) is 0 Å². The predicted molar refractivity (Wildman–Crippen MR) is 101 cm³/mol. The lowest BCUT2D eigenvalue weighted by atomic mass is 9.92. The molecule has 1 N–H and O–H groups in total. The minimum atomic E-state index is -1.41. The molecule has 1 fully saturated rings. The number of halogens is 3. The van der Waals surface area contributed by atoms with Gasteiger partial charge in [-0.25, -0.2) is 9.18 Å². The second kappa shape index (κ2) is 7.41. The zero-order chi connectivity index (χ0) is 20.6. The van der Waals surface area contributed by atoms with Gasteiger partial charge in [0.1, 0.15) is 5.54 Å². The zero-order valence-electron chi connectivity index (χ0n) is 14.9. The number of Topliss-reactive ketones (excluding diaryl/α,β-unsaturated/α-hetero) is 1. The van der Waals surface area contributed by atoms with Crippen LogP contribution >= 0.6 is 23.2 Å². The van der Waals surface area contributed by atoms with E-state index in [9.17, 15) is 18.8 Å². The van der Waals surface area contributed by atoms with Crippen molar-refractivity contribution in [3.05, 3.63) is 63.4 Å². The number of hydrogen-bond donors (Lipinski definition) is 1. The molecule has 9 heteroatoms. The molecule has 3 rings (SSSR count). The van der Waals surface area contributed by atoms with Gasteiger partial charge in [0.05, 0.1) is 23.7 Å². The number of carbonyl (C=O) groups excluding carboxylic acids is 3. The van der Waals surface area contributed by atoms with Crippen LogP contribution in [0.3, 0.4) is 0 Å². The van der Waals surface area contributed by atoms with Crippen molar-refractivity contribution in [1.29, 1.82) is 0 Å². The van der Waals surface area contributed by atoms with Crippen LogP contribution in [-0.2, 0) is 10.3 Å². The van der Waals surface area contributed by atoms with Crippen LogP contribution in [0.25, 0.3) is 0 Å². The topological polar surface area (TPSA) is 75.7 Å². The first-order valence-corrected chi connectivity index (χ1v) is 8.89. The van der Waals surface area contributed by atoms with Gasteiger partial charge >= 0.3 is 6.03 Å². The first-order chi connectivity index (χ1) is 13.2. The van der Waals surface area contributed by atoms with Gasteiger partial charge in [-0.05, 0) is 42.8 Å². The summed E-state index contributed by atoms with van der Waals surface area (Å²) in [7, 11) is 1.30. The second-order valence-electron chi connectivity index (χ2n) is 6.35. The lowest BCUT2D eigenvalue weighted by Crippen LogP contribution is -2.41. The van der Waals surface area contributed by atoms with Crippen LogP contribution < -0.4 is 10.1 Å². The Bertz CT molecular complexity index is 998. The Kier molecular flexibility index (Phi) is 5.32.